The van der Waals surface area contributed by atoms with E-state index in [0.29, 0.717) is 12.2 Å². The van der Waals surface area contributed by atoms with E-state index in [2.05, 4.69) is 36.5 Å². The number of hydrogen-bond acceptors (Lipinski definition) is 3. The van der Waals surface area contributed by atoms with Crippen molar-refractivity contribution in [1.82, 2.24) is 19.8 Å². The van der Waals surface area contributed by atoms with E-state index >= 15 is 0 Å². The largest absolute Gasteiger partial charge is 0.312 e. The van der Waals surface area contributed by atoms with Gasteiger partial charge >= 0.3 is 0 Å². The van der Waals surface area contributed by atoms with E-state index in [1.54, 1.807) is 4.52 Å². The number of H-pyrrole nitrogens is 1. The first kappa shape index (κ1) is 13.0. The van der Waals surface area contributed by atoms with Gasteiger partial charge in [-0.25, -0.2) is 4.52 Å². The molecule has 1 aromatic carbocycles. The summed E-state index contributed by atoms with van der Waals surface area (Å²) < 4.78 is 2.72. The summed E-state index contributed by atoms with van der Waals surface area (Å²) in [5, 5.41) is 14.9. The van der Waals surface area contributed by atoms with Crippen molar-refractivity contribution in [2.45, 2.75) is 0 Å². The van der Waals surface area contributed by atoms with E-state index in [9.17, 15) is 4.79 Å². The van der Waals surface area contributed by atoms with Crippen LogP contribution in [0.1, 0.15) is 0 Å². The van der Waals surface area contributed by atoms with Crippen molar-refractivity contribution >= 4 is 44.6 Å². The number of anilines is 1. The summed E-state index contributed by atoms with van der Waals surface area (Å²) in [6, 6.07) is 9.81. The van der Waals surface area contributed by atoms with Crippen molar-refractivity contribution in [3.8, 4) is 11.1 Å². The average molecular weight is 356 g/mol. The molecule has 0 atom stereocenters. The van der Waals surface area contributed by atoms with Crippen LogP contribution in [0.15, 0.2) is 47.2 Å². The summed E-state index contributed by atoms with van der Waals surface area (Å²) >= 11 is 3.61. The number of amides is 1. The molecule has 0 spiro atoms. The SMILES string of the molecule is O=CNc1cc2cc(-c3c(Br)ccc4[nH]ncc34)ccn2n1. The van der Waals surface area contributed by atoms with Gasteiger partial charge < -0.3 is 5.32 Å². The van der Waals surface area contributed by atoms with Crippen molar-refractivity contribution in [2.75, 3.05) is 5.32 Å². The molecule has 0 saturated heterocycles. The molecule has 0 fully saturated rings. The minimum atomic E-state index is 0.521. The van der Waals surface area contributed by atoms with Crippen molar-refractivity contribution in [3.63, 3.8) is 0 Å². The number of carbonyl (C=O) groups is 1. The van der Waals surface area contributed by atoms with Gasteiger partial charge in [0.2, 0.25) is 6.41 Å². The van der Waals surface area contributed by atoms with Crippen molar-refractivity contribution in [3.05, 3.63) is 47.2 Å². The predicted molar refractivity (Wildman–Crippen MR) is 87.7 cm³/mol. The number of fused-ring (bicyclic) bond motifs is 2. The molecule has 0 unspecified atom stereocenters. The van der Waals surface area contributed by atoms with Crippen LogP contribution in [0.25, 0.3) is 27.5 Å². The normalized spacial score (nSPS) is 11.1. The molecule has 0 aliphatic carbocycles. The fraction of sp³-hybridized carbons (Fsp3) is 0. The molecule has 0 aliphatic heterocycles. The Labute approximate surface area is 133 Å². The monoisotopic (exact) mass is 355 g/mol. The van der Waals surface area contributed by atoms with Crippen LogP contribution in [0.3, 0.4) is 0 Å². The number of rotatable bonds is 3. The summed E-state index contributed by atoms with van der Waals surface area (Å²) in [6.45, 7) is 0. The van der Waals surface area contributed by atoms with Gasteiger partial charge in [0.15, 0.2) is 5.82 Å². The van der Waals surface area contributed by atoms with Crippen LogP contribution in [0, 0.1) is 0 Å². The molecule has 0 radical (unpaired) electrons. The van der Waals surface area contributed by atoms with Gasteiger partial charge in [-0.15, -0.1) is 0 Å². The van der Waals surface area contributed by atoms with Gasteiger partial charge in [-0.05, 0) is 29.8 Å². The first-order valence-electron chi connectivity index (χ1n) is 6.58. The van der Waals surface area contributed by atoms with Gasteiger partial charge in [0, 0.05) is 27.7 Å². The zero-order valence-electron chi connectivity index (χ0n) is 11.2. The molecular formula is C15H10BrN5O. The number of pyridine rings is 1. The number of benzene rings is 1. The lowest BCUT2D eigenvalue weighted by atomic mass is 10.0. The number of nitrogens with one attached hydrogen (secondary N) is 2. The van der Waals surface area contributed by atoms with Crippen LogP contribution < -0.4 is 5.32 Å². The van der Waals surface area contributed by atoms with Crippen LogP contribution in [0.4, 0.5) is 5.82 Å². The maximum absolute atomic E-state index is 10.5. The topological polar surface area (TPSA) is 75.1 Å². The quantitative estimate of drug-likeness (QED) is 0.554. The molecule has 0 bridgehead atoms. The van der Waals surface area contributed by atoms with Gasteiger partial charge in [0.1, 0.15) is 0 Å². The van der Waals surface area contributed by atoms with Gasteiger partial charge in [-0.1, -0.05) is 15.9 Å². The zero-order valence-corrected chi connectivity index (χ0v) is 12.8. The average Bonchev–Trinajstić information content (AvgIpc) is 3.12. The van der Waals surface area contributed by atoms with Crippen molar-refractivity contribution in [1.29, 1.82) is 0 Å². The Balaban J connectivity index is 1.94. The Hall–Kier alpha value is -2.67. The highest BCUT2D eigenvalue weighted by Gasteiger charge is 2.11. The highest BCUT2D eigenvalue weighted by molar-refractivity contribution is 9.10. The smallest absolute Gasteiger partial charge is 0.212 e. The maximum Gasteiger partial charge on any atom is 0.212 e. The third-order valence-electron chi connectivity index (χ3n) is 3.53. The van der Waals surface area contributed by atoms with E-state index in [-0.39, 0.29) is 0 Å². The van der Waals surface area contributed by atoms with E-state index in [1.165, 1.54) is 0 Å². The highest BCUT2D eigenvalue weighted by Crippen LogP contribution is 2.35. The van der Waals surface area contributed by atoms with Gasteiger partial charge in [0.05, 0.1) is 17.2 Å². The lowest BCUT2D eigenvalue weighted by Crippen LogP contribution is -1.94. The number of aromatic amines is 1. The van der Waals surface area contributed by atoms with Crippen LogP contribution in [0.2, 0.25) is 0 Å². The Morgan fingerprint density at radius 1 is 1.27 bits per heavy atom. The molecule has 7 heteroatoms. The predicted octanol–water partition coefficient (Wildman–Crippen LogP) is 3.21. The molecule has 0 aliphatic rings. The second-order valence-corrected chi connectivity index (χ2v) is 5.68. The van der Waals surface area contributed by atoms with E-state index in [0.717, 1.165) is 32.0 Å². The van der Waals surface area contributed by atoms with Gasteiger partial charge in [-0.2, -0.15) is 10.2 Å². The first-order chi connectivity index (χ1) is 10.8. The second kappa shape index (κ2) is 4.96. The van der Waals surface area contributed by atoms with Crippen molar-refractivity contribution in [2.24, 2.45) is 0 Å². The van der Waals surface area contributed by atoms with Crippen molar-refractivity contribution < 1.29 is 4.79 Å². The molecule has 1 amide bonds. The number of nitrogens with zero attached hydrogens (tertiary/aromatic N) is 3. The van der Waals surface area contributed by atoms with Gasteiger partial charge in [0.25, 0.3) is 0 Å². The molecule has 4 rings (SSSR count). The van der Waals surface area contributed by atoms with E-state index in [4.69, 9.17) is 0 Å². The molecule has 108 valence electrons. The molecule has 0 saturated carbocycles. The fourth-order valence-corrected chi connectivity index (χ4v) is 3.14. The third kappa shape index (κ3) is 1.98. The Bertz CT molecular complexity index is 1000. The number of carbonyl (C=O) groups excluding carboxylic acids is 1. The van der Waals surface area contributed by atoms with Crippen LogP contribution in [0.5, 0.6) is 0 Å². The lowest BCUT2D eigenvalue weighted by Gasteiger charge is -2.07. The molecule has 2 N–H and O–H groups in total. The third-order valence-corrected chi connectivity index (χ3v) is 4.19. The fourth-order valence-electron chi connectivity index (χ4n) is 2.57. The Morgan fingerprint density at radius 3 is 3.05 bits per heavy atom. The first-order valence-corrected chi connectivity index (χ1v) is 7.37. The Kier molecular flexibility index (Phi) is 2.93. The summed E-state index contributed by atoms with van der Waals surface area (Å²) in [5.74, 6) is 0.521. The summed E-state index contributed by atoms with van der Waals surface area (Å²) in [4.78, 5) is 10.5. The van der Waals surface area contributed by atoms with Crippen LogP contribution >= 0.6 is 15.9 Å². The van der Waals surface area contributed by atoms with E-state index < -0.39 is 0 Å². The standard InChI is InChI=1S/C15H10BrN5O/c16-12-1-2-13-11(7-18-19-13)15(12)9-3-4-21-10(5-9)6-14(20-21)17-8-22/h1-8H,(H,18,19)(H,17,20,22). The summed E-state index contributed by atoms with van der Waals surface area (Å²) in [6.07, 6.45) is 4.30. The zero-order chi connectivity index (χ0) is 15.1. The molecule has 3 heterocycles. The summed E-state index contributed by atoms with van der Waals surface area (Å²) in [5.41, 5.74) is 3.99. The molecule has 22 heavy (non-hydrogen) atoms. The van der Waals surface area contributed by atoms with Crippen LogP contribution in [-0.4, -0.2) is 26.2 Å². The Morgan fingerprint density at radius 2 is 2.18 bits per heavy atom. The van der Waals surface area contributed by atoms with E-state index in [1.807, 2.05) is 42.7 Å². The molecule has 6 nitrogen and oxygen atoms in total. The minimum Gasteiger partial charge on any atom is -0.312 e. The second-order valence-electron chi connectivity index (χ2n) is 4.83. The maximum atomic E-state index is 10.5. The molecular weight excluding hydrogens is 346 g/mol. The number of aromatic nitrogens is 4. The lowest BCUT2D eigenvalue weighted by molar-refractivity contribution is -0.105. The number of halogens is 1. The molecule has 3 aromatic heterocycles. The van der Waals surface area contributed by atoms with Gasteiger partial charge in [-0.3, -0.25) is 9.89 Å². The summed E-state index contributed by atoms with van der Waals surface area (Å²) in [7, 11) is 0. The molecule has 4 aromatic rings. The highest BCUT2D eigenvalue weighted by atomic mass is 79.9. The number of hydrogen-bond donors (Lipinski definition) is 2. The van der Waals surface area contributed by atoms with Crippen LogP contribution in [-0.2, 0) is 4.79 Å². The minimum absolute atomic E-state index is 0.521.